The topological polar surface area (TPSA) is 64.1 Å². The molecule has 0 aliphatic rings. The van der Waals surface area contributed by atoms with Crippen molar-refractivity contribution in [2.24, 2.45) is 0 Å². The summed E-state index contributed by atoms with van der Waals surface area (Å²) in [5, 5.41) is 12.6. The maximum atomic E-state index is 12.0. The van der Waals surface area contributed by atoms with E-state index in [1.54, 1.807) is 7.11 Å². The second-order valence-electron chi connectivity index (χ2n) is 5.21. The number of carbonyl (C=O) groups is 1. The van der Waals surface area contributed by atoms with E-state index in [0.717, 1.165) is 29.2 Å². The minimum Gasteiger partial charge on any atom is -0.497 e. The highest BCUT2D eigenvalue weighted by Crippen LogP contribution is 2.26. The number of carbonyl (C=O) groups excluding carboxylic acids is 1. The van der Waals surface area contributed by atoms with Crippen LogP contribution in [0.1, 0.15) is 43.2 Å². The van der Waals surface area contributed by atoms with Gasteiger partial charge in [0.1, 0.15) is 10.8 Å². The lowest BCUT2D eigenvalue weighted by molar-refractivity contribution is -0.115. The maximum Gasteiger partial charge on any atom is 0.230 e. The molecule has 2 rings (SSSR count). The van der Waals surface area contributed by atoms with Gasteiger partial charge in [0, 0.05) is 5.92 Å². The average Bonchev–Trinajstić information content (AvgIpc) is 2.96. The summed E-state index contributed by atoms with van der Waals surface area (Å²) in [7, 11) is 1.62. The second-order valence-corrected chi connectivity index (χ2v) is 6.22. The van der Waals surface area contributed by atoms with Crippen LogP contribution in [-0.2, 0) is 11.2 Å². The van der Waals surface area contributed by atoms with Crippen LogP contribution >= 0.6 is 11.3 Å². The van der Waals surface area contributed by atoms with Crippen molar-refractivity contribution in [1.82, 2.24) is 10.2 Å². The van der Waals surface area contributed by atoms with Crippen molar-refractivity contribution in [2.45, 2.75) is 39.0 Å². The van der Waals surface area contributed by atoms with E-state index in [9.17, 15) is 4.79 Å². The summed E-state index contributed by atoms with van der Waals surface area (Å²) in [5.41, 5.74) is 0.933. The van der Waals surface area contributed by atoms with Crippen LogP contribution in [0.25, 0.3) is 0 Å². The first-order valence-electron chi connectivity index (χ1n) is 7.38. The van der Waals surface area contributed by atoms with Crippen LogP contribution in [0.3, 0.4) is 0 Å². The van der Waals surface area contributed by atoms with Crippen molar-refractivity contribution in [2.75, 3.05) is 12.4 Å². The maximum absolute atomic E-state index is 12.0. The molecule has 5 nitrogen and oxygen atoms in total. The summed E-state index contributed by atoms with van der Waals surface area (Å²) in [5.74, 6) is 1.08. The molecule has 118 valence electrons. The molecular formula is C16H21N3O2S. The third-order valence-corrected chi connectivity index (χ3v) is 4.42. The molecule has 0 saturated heterocycles. The molecule has 1 unspecified atom stereocenters. The molecule has 0 fully saturated rings. The van der Waals surface area contributed by atoms with Crippen LogP contribution in [0.4, 0.5) is 5.13 Å². The summed E-state index contributed by atoms with van der Waals surface area (Å²) >= 11 is 1.45. The highest BCUT2D eigenvalue weighted by atomic mass is 32.1. The largest absolute Gasteiger partial charge is 0.497 e. The van der Waals surface area contributed by atoms with Crippen LogP contribution in [0.5, 0.6) is 5.75 Å². The van der Waals surface area contributed by atoms with Crippen molar-refractivity contribution in [3.63, 3.8) is 0 Å². The first-order chi connectivity index (χ1) is 10.6. The van der Waals surface area contributed by atoms with Crippen LogP contribution in [0, 0.1) is 0 Å². The Morgan fingerprint density at radius 1 is 1.32 bits per heavy atom. The smallest absolute Gasteiger partial charge is 0.230 e. The van der Waals surface area contributed by atoms with Gasteiger partial charge in [0.05, 0.1) is 13.5 Å². The molecule has 0 saturated carbocycles. The number of amides is 1. The molecule has 6 heteroatoms. The molecule has 1 atom stereocenters. The molecule has 1 aromatic heterocycles. The quantitative estimate of drug-likeness (QED) is 0.846. The zero-order valence-corrected chi connectivity index (χ0v) is 13.9. The number of ether oxygens (including phenoxy) is 1. The zero-order valence-electron chi connectivity index (χ0n) is 13.1. The lowest BCUT2D eigenvalue weighted by Crippen LogP contribution is -2.14. The van der Waals surface area contributed by atoms with Gasteiger partial charge >= 0.3 is 0 Å². The Morgan fingerprint density at radius 2 is 2.05 bits per heavy atom. The molecule has 1 amide bonds. The van der Waals surface area contributed by atoms with E-state index in [-0.39, 0.29) is 5.91 Å². The summed E-state index contributed by atoms with van der Waals surface area (Å²) in [6.45, 7) is 4.28. The van der Waals surface area contributed by atoms with Crippen LogP contribution < -0.4 is 10.1 Å². The lowest BCUT2D eigenvalue weighted by atomic mass is 10.1. The minimum atomic E-state index is -0.0870. The molecule has 0 radical (unpaired) electrons. The molecule has 1 N–H and O–H groups in total. The van der Waals surface area contributed by atoms with Gasteiger partial charge in [-0.25, -0.2) is 0 Å². The van der Waals surface area contributed by atoms with Gasteiger partial charge in [-0.2, -0.15) is 0 Å². The first-order valence-corrected chi connectivity index (χ1v) is 8.20. The SMILES string of the molecule is CCCC(C)c1nnc(NC(=O)Cc2ccc(OC)cc2)s1. The Bertz CT molecular complexity index is 610. The Labute approximate surface area is 134 Å². The predicted octanol–water partition coefficient (Wildman–Crippen LogP) is 3.63. The highest BCUT2D eigenvalue weighted by Gasteiger charge is 2.13. The lowest BCUT2D eigenvalue weighted by Gasteiger charge is -2.04. The van der Waals surface area contributed by atoms with Crippen molar-refractivity contribution >= 4 is 22.4 Å². The van der Waals surface area contributed by atoms with Gasteiger partial charge in [-0.15, -0.1) is 10.2 Å². The number of anilines is 1. The van der Waals surface area contributed by atoms with Crippen molar-refractivity contribution in [3.8, 4) is 5.75 Å². The number of hydrogen-bond acceptors (Lipinski definition) is 5. The van der Waals surface area contributed by atoms with Crippen molar-refractivity contribution in [1.29, 1.82) is 0 Å². The minimum absolute atomic E-state index is 0.0870. The fourth-order valence-electron chi connectivity index (χ4n) is 2.13. The molecule has 0 bridgehead atoms. The second kappa shape index (κ2) is 7.89. The fraction of sp³-hybridized carbons (Fsp3) is 0.438. The molecule has 1 heterocycles. The fourth-order valence-corrected chi connectivity index (χ4v) is 2.98. The Morgan fingerprint density at radius 3 is 2.68 bits per heavy atom. The van der Waals surface area contributed by atoms with Gasteiger partial charge in [-0.1, -0.05) is 43.7 Å². The number of methoxy groups -OCH3 is 1. The average molecular weight is 319 g/mol. The molecule has 22 heavy (non-hydrogen) atoms. The van der Waals surface area contributed by atoms with Gasteiger partial charge < -0.3 is 10.1 Å². The summed E-state index contributed by atoms with van der Waals surface area (Å²) in [4.78, 5) is 12.0. The van der Waals surface area contributed by atoms with Crippen LogP contribution in [0.2, 0.25) is 0 Å². The van der Waals surface area contributed by atoms with E-state index in [0.29, 0.717) is 17.5 Å². The van der Waals surface area contributed by atoms with Gasteiger partial charge in [0.15, 0.2) is 0 Å². The summed E-state index contributed by atoms with van der Waals surface area (Å²) in [6, 6.07) is 7.46. The predicted molar refractivity (Wildman–Crippen MR) is 88.6 cm³/mol. The van der Waals surface area contributed by atoms with Crippen molar-refractivity contribution in [3.05, 3.63) is 34.8 Å². The molecule has 2 aromatic rings. The van der Waals surface area contributed by atoms with E-state index >= 15 is 0 Å². The van der Waals surface area contributed by atoms with Crippen LogP contribution in [-0.4, -0.2) is 23.2 Å². The standard InChI is InChI=1S/C16H21N3O2S/c1-4-5-11(2)15-18-19-16(22-15)17-14(20)10-12-6-8-13(21-3)9-7-12/h6-9,11H,4-5,10H2,1-3H3,(H,17,19,20). The van der Waals surface area contributed by atoms with Gasteiger partial charge in [0.2, 0.25) is 11.0 Å². The Hall–Kier alpha value is -1.95. The van der Waals surface area contributed by atoms with E-state index in [1.807, 2.05) is 24.3 Å². The van der Waals surface area contributed by atoms with E-state index in [4.69, 9.17) is 4.74 Å². The number of nitrogens with one attached hydrogen (secondary N) is 1. The van der Waals surface area contributed by atoms with E-state index < -0.39 is 0 Å². The molecule has 0 aliphatic heterocycles. The van der Waals surface area contributed by atoms with Gasteiger partial charge in [-0.05, 0) is 24.1 Å². The third kappa shape index (κ3) is 4.53. The molecule has 0 aliphatic carbocycles. The van der Waals surface area contributed by atoms with Crippen LogP contribution in [0.15, 0.2) is 24.3 Å². The number of nitrogens with zero attached hydrogens (tertiary/aromatic N) is 2. The molecule has 0 spiro atoms. The number of aromatic nitrogens is 2. The van der Waals surface area contributed by atoms with Gasteiger partial charge in [0.25, 0.3) is 0 Å². The number of hydrogen-bond donors (Lipinski definition) is 1. The Kier molecular flexibility index (Phi) is 5.89. The van der Waals surface area contributed by atoms with Crippen molar-refractivity contribution < 1.29 is 9.53 Å². The number of rotatable bonds is 7. The normalized spacial score (nSPS) is 12.0. The first kappa shape index (κ1) is 16.4. The summed E-state index contributed by atoms with van der Waals surface area (Å²) < 4.78 is 5.10. The highest BCUT2D eigenvalue weighted by molar-refractivity contribution is 7.15. The van der Waals surface area contributed by atoms with Gasteiger partial charge in [-0.3, -0.25) is 4.79 Å². The Balaban J connectivity index is 1.91. The molecule has 1 aromatic carbocycles. The zero-order chi connectivity index (χ0) is 15.9. The monoisotopic (exact) mass is 319 g/mol. The summed E-state index contributed by atoms with van der Waals surface area (Å²) in [6.07, 6.45) is 2.50. The van der Waals surface area contributed by atoms with E-state index in [2.05, 4.69) is 29.4 Å². The molecular weight excluding hydrogens is 298 g/mol. The van der Waals surface area contributed by atoms with E-state index in [1.165, 1.54) is 11.3 Å². The third-order valence-electron chi connectivity index (χ3n) is 3.35. The number of benzene rings is 1.